The first kappa shape index (κ1) is 15.8. The largest absolute Gasteiger partial charge is 0.497 e. The van der Waals surface area contributed by atoms with Crippen molar-refractivity contribution in [2.24, 2.45) is 0 Å². The highest BCUT2D eigenvalue weighted by molar-refractivity contribution is 9.10. The summed E-state index contributed by atoms with van der Waals surface area (Å²) in [6.07, 6.45) is 0. The summed E-state index contributed by atoms with van der Waals surface area (Å²) in [5.74, 6) is 0.904. The van der Waals surface area contributed by atoms with E-state index < -0.39 is 0 Å². The van der Waals surface area contributed by atoms with Crippen LogP contribution in [0.4, 0.5) is 4.39 Å². The van der Waals surface area contributed by atoms with Crippen LogP contribution in [0.5, 0.6) is 11.5 Å². The molecule has 0 saturated heterocycles. The van der Waals surface area contributed by atoms with Crippen LogP contribution in [0.15, 0.2) is 40.9 Å². The lowest BCUT2D eigenvalue weighted by Crippen LogP contribution is -2.19. The molecule has 0 aliphatic rings. The minimum absolute atomic E-state index is 0.291. The molecule has 2 aromatic carbocycles. The Morgan fingerprint density at radius 1 is 1.00 bits per heavy atom. The Labute approximate surface area is 132 Å². The first-order chi connectivity index (χ1) is 10.1. The molecule has 3 nitrogen and oxygen atoms in total. The van der Waals surface area contributed by atoms with Crippen LogP contribution >= 0.6 is 15.9 Å². The average molecular weight is 354 g/mol. The van der Waals surface area contributed by atoms with Gasteiger partial charge < -0.3 is 14.8 Å². The van der Waals surface area contributed by atoms with Crippen LogP contribution in [0.25, 0.3) is 0 Å². The molecule has 0 saturated carbocycles. The minimum Gasteiger partial charge on any atom is -0.497 e. The third-order valence-electron chi connectivity index (χ3n) is 3.32. The number of nitrogens with one attached hydrogen (secondary N) is 1. The Morgan fingerprint density at radius 3 is 2.19 bits per heavy atom. The maximum Gasteiger partial charge on any atom is 0.132 e. The van der Waals surface area contributed by atoms with Crippen LogP contribution in [0.2, 0.25) is 0 Å². The molecule has 1 atom stereocenters. The lowest BCUT2D eigenvalue weighted by molar-refractivity contribution is 0.409. The van der Waals surface area contributed by atoms with E-state index >= 15 is 0 Å². The zero-order chi connectivity index (χ0) is 15.4. The van der Waals surface area contributed by atoms with Gasteiger partial charge in [0.2, 0.25) is 0 Å². The summed E-state index contributed by atoms with van der Waals surface area (Å²) < 4.78 is 25.5. The monoisotopic (exact) mass is 353 g/mol. The van der Waals surface area contributed by atoms with Crippen LogP contribution in [-0.4, -0.2) is 21.3 Å². The van der Waals surface area contributed by atoms with E-state index in [2.05, 4.69) is 21.2 Å². The van der Waals surface area contributed by atoms with Crippen LogP contribution in [0.3, 0.4) is 0 Å². The maximum atomic E-state index is 14.3. The highest BCUT2D eigenvalue weighted by Crippen LogP contribution is 2.33. The highest BCUT2D eigenvalue weighted by atomic mass is 79.9. The van der Waals surface area contributed by atoms with Crippen molar-refractivity contribution in [3.05, 3.63) is 57.8 Å². The summed E-state index contributed by atoms with van der Waals surface area (Å²) >= 11 is 3.51. The molecule has 5 heteroatoms. The van der Waals surface area contributed by atoms with Gasteiger partial charge in [0.15, 0.2) is 0 Å². The predicted octanol–water partition coefficient (Wildman–Crippen LogP) is 3.91. The van der Waals surface area contributed by atoms with E-state index in [1.165, 1.54) is 13.2 Å². The number of hydrogen-bond acceptors (Lipinski definition) is 3. The van der Waals surface area contributed by atoms with Crippen molar-refractivity contribution < 1.29 is 13.9 Å². The van der Waals surface area contributed by atoms with Gasteiger partial charge >= 0.3 is 0 Å². The van der Waals surface area contributed by atoms with E-state index in [4.69, 9.17) is 9.47 Å². The molecule has 0 aromatic heterocycles. The molecule has 21 heavy (non-hydrogen) atoms. The van der Waals surface area contributed by atoms with E-state index in [-0.39, 0.29) is 11.9 Å². The average Bonchev–Trinajstić information content (AvgIpc) is 2.51. The van der Waals surface area contributed by atoms with Crippen LogP contribution in [0, 0.1) is 5.82 Å². The van der Waals surface area contributed by atoms with Crippen molar-refractivity contribution in [1.82, 2.24) is 5.32 Å². The second-order valence-corrected chi connectivity index (χ2v) is 5.35. The molecule has 0 aliphatic heterocycles. The van der Waals surface area contributed by atoms with Gasteiger partial charge in [-0.15, -0.1) is 0 Å². The zero-order valence-electron chi connectivity index (χ0n) is 12.1. The summed E-state index contributed by atoms with van der Waals surface area (Å²) in [6, 6.07) is 10.2. The number of halogens is 2. The van der Waals surface area contributed by atoms with Crippen molar-refractivity contribution in [3.8, 4) is 11.5 Å². The fourth-order valence-electron chi connectivity index (χ4n) is 2.22. The highest BCUT2D eigenvalue weighted by Gasteiger charge is 2.19. The molecule has 1 unspecified atom stereocenters. The molecule has 1 N–H and O–H groups in total. The number of methoxy groups -OCH3 is 2. The fourth-order valence-corrected chi connectivity index (χ4v) is 2.69. The van der Waals surface area contributed by atoms with E-state index in [0.717, 1.165) is 15.8 Å². The summed E-state index contributed by atoms with van der Waals surface area (Å²) in [6.45, 7) is 0. The molecule has 0 spiro atoms. The van der Waals surface area contributed by atoms with Crippen molar-refractivity contribution in [3.63, 3.8) is 0 Å². The maximum absolute atomic E-state index is 14.3. The fraction of sp³-hybridized carbons (Fsp3) is 0.250. The van der Waals surface area contributed by atoms with Gasteiger partial charge in [-0.05, 0) is 36.9 Å². The number of benzene rings is 2. The summed E-state index contributed by atoms with van der Waals surface area (Å²) in [5, 5.41) is 3.14. The minimum atomic E-state index is -0.316. The Hall–Kier alpha value is -1.59. The van der Waals surface area contributed by atoms with Gasteiger partial charge in [0.05, 0.1) is 20.3 Å². The first-order valence-corrected chi connectivity index (χ1v) is 7.24. The molecule has 2 aromatic rings. The lowest BCUT2D eigenvalue weighted by Gasteiger charge is -2.20. The van der Waals surface area contributed by atoms with Crippen molar-refractivity contribution in [2.75, 3.05) is 21.3 Å². The Balaban J connectivity index is 2.49. The standard InChI is InChI=1S/C16H17BrFNO2/c1-19-16(12-6-4-11(21-3)9-15(12)18)13-8-10(20-2)5-7-14(13)17/h4-9,16,19H,1-3H3. The van der Waals surface area contributed by atoms with Crippen molar-refractivity contribution in [2.45, 2.75) is 6.04 Å². The summed E-state index contributed by atoms with van der Waals surface area (Å²) in [7, 11) is 4.91. The SMILES string of the molecule is CNC(c1ccc(OC)cc1F)c1cc(OC)ccc1Br. The van der Waals surface area contributed by atoms with Gasteiger partial charge in [0, 0.05) is 16.1 Å². The number of ether oxygens (including phenoxy) is 2. The lowest BCUT2D eigenvalue weighted by atomic mass is 9.98. The summed E-state index contributed by atoms with van der Waals surface area (Å²) in [4.78, 5) is 0. The van der Waals surface area contributed by atoms with Gasteiger partial charge in [-0.1, -0.05) is 22.0 Å². The molecule has 0 fully saturated rings. The van der Waals surface area contributed by atoms with Gasteiger partial charge in [-0.3, -0.25) is 0 Å². The molecule has 0 amide bonds. The second kappa shape index (κ2) is 6.91. The number of rotatable bonds is 5. The van der Waals surface area contributed by atoms with Crippen LogP contribution < -0.4 is 14.8 Å². The van der Waals surface area contributed by atoms with Gasteiger partial charge in [-0.2, -0.15) is 0 Å². The van der Waals surface area contributed by atoms with E-state index in [0.29, 0.717) is 11.3 Å². The molecule has 0 heterocycles. The van der Waals surface area contributed by atoms with Crippen LogP contribution in [-0.2, 0) is 0 Å². The molecule has 0 radical (unpaired) electrons. The zero-order valence-corrected chi connectivity index (χ0v) is 13.7. The Morgan fingerprint density at radius 2 is 1.62 bits per heavy atom. The van der Waals surface area contributed by atoms with Crippen molar-refractivity contribution >= 4 is 15.9 Å². The third-order valence-corrected chi connectivity index (χ3v) is 4.04. The third kappa shape index (κ3) is 3.36. The molecular weight excluding hydrogens is 337 g/mol. The molecule has 2 rings (SSSR count). The smallest absolute Gasteiger partial charge is 0.132 e. The second-order valence-electron chi connectivity index (χ2n) is 4.50. The Bertz CT molecular complexity index is 634. The normalized spacial score (nSPS) is 12.0. The van der Waals surface area contributed by atoms with Crippen molar-refractivity contribution in [1.29, 1.82) is 0 Å². The van der Waals surface area contributed by atoms with E-state index in [1.54, 1.807) is 26.3 Å². The van der Waals surface area contributed by atoms with E-state index in [1.807, 2.05) is 18.2 Å². The summed E-state index contributed by atoms with van der Waals surface area (Å²) in [5.41, 5.74) is 1.45. The Kier molecular flexibility index (Phi) is 5.20. The van der Waals surface area contributed by atoms with E-state index in [9.17, 15) is 4.39 Å². The first-order valence-electron chi connectivity index (χ1n) is 6.44. The van der Waals surface area contributed by atoms with Gasteiger partial charge in [0.1, 0.15) is 17.3 Å². The topological polar surface area (TPSA) is 30.5 Å². The van der Waals surface area contributed by atoms with Gasteiger partial charge in [-0.25, -0.2) is 4.39 Å². The molecular formula is C16H17BrFNO2. The molecule has 0 bridgehead atoms. The number of hydrogen-bond donors (Lipinski definition) is 1. The molecule has 0 aliphatic carbocycles. The predicted molar refractivity (Wildman–Crippen MR) is 84.5 cm³/mol. The van der Waals surface area contributed by atoms with Crippen LogP contribution in [0.1, 0.15) is 17.2 Å². The van der Waals surface area contributed by atoms with Gasteiger partial charge in [0.25, 0.3) is 0 Å². The quantitative estimate of drug-likeness (QED) is 0.883. The molecule has 112 valence electrons.